The van der Waals surface area contributed by atoms with Crippen molar-refractivity contribution >= 4 is 11.6 Å². The molecule has 4 rings (SSSR count). The van der Waals surface area contributed by atoms with E-state index in [0.717, 1.165) is 54.2 Å². The predicted molar refractivity (Wildman–Crippen MR) is 115 cm³/mol. The van der Waals surface area contributed by atoms with E-state index in [1.165, 1.54) is 11.1 Å². The van der Waals surface area contributed by atoms with E-state index in [4.69, 9.17) is 16.3 Å². The van der Waals surface area contributed by atoms with Gasteiger partial charge in [-0.3, -0.25) is 0 Å². The van der Waals surface area contributed by atoms with Gasteiger partial charge < -0.3 is 10.1 Å². The van der Waals surface area contributed by atoms with E-state index in [-0.39, 0.29) is 6.10 Å². The van der Waals surface area contributed by atoms with Crippen LogP contribution in [0.3, 0.4) is 0 Å². The number of benzene rings is 2. The summed E-state index contributed by atoms with van der Waals surface area (Å²) >= 11 is 6.44. The number of rotatable bonds is 4. The van der Waals surface area contributed by atoms with Gasteiger partial charge in [-0.2, -0.15) is 5.10 Å². The zero-order valence-electron chi connectivity index (χ0n) is 16.6. The Bertz CT molecular complexity index is 990. The predicted octanol–water partition coefficient (Wildman–Crippen LogP) is 5.25. The SMILES string of the molecule is Cc1ccc(-n2nccc2-c2cc(Cl)cc(C)c2OC2CCNCC2)c(C)c1. The third kappa shape index (κ3) is 3.80. The van der Waals surface area contributed by atoms with E-state index in [9.17, 15) is 0 Å². The normalized spacial score (nSPS) is 15.0. The summed E-state index contributed by atoms with van der Waals surface area (Å²) in [4.78, 5) is 0. The molecular formula is C23H26ClN3O. The molecular weight excluding hydrogens is 370 g/mol. The van der Waals surface area contributed by atoms with Crippen molar-refractivity contribution in [2.75, 3.05) is 13.1 Å². The molecule has 1 aliphatic rings. The van der Waals surface area contributed by atoms with Crippen molar-refractivity contribution < 1.29 is 4.74 Å². The quantitative estimate of drug-likeness (QED) is 0.655. The topological polar surface area (TPSA) is 39.1 Å². The van der Waals surface area contributed by atoms with E-state index in [0.29, 0.717) is 5.02 Å². The Labute approximate surface area is 171 Å². The van der Waals surface area contributed by atoms with E-state index in [1.807, 2.05) is 29.1 Å². The van der Waals surface area contributed by atoms with Crippen molar-refractivity contribution in [1.29, 1.82) is 0 Å². The van der Waals surface area contributed by atoms with Crippen LogP contribution in [0.15, 0.2) is 42.6 Å². The summed E-state index contributed by atoms with van der Waals surface area (Å²) in [6, 6.07) is 12.4. The van der Waals surface area contributed by atoms with Gasteiger partial charge in [0.1, 0.15) is 11.9 Å². The molecule has 28 heavy (non-hydrogen) atoms. The average molecular weight is 396 g/mol. The molecule has 5 heteroatoms. The molecule has 0 bridgehead atoms. The van der Waals surface area contributed by atoms with E-state index in [1.54, 1.807) is 0 Å². The zero-order valence-corrected chi connectivity index (χ0v) is 17.4. The highest BCUT2D eigenvalue weighted by atomic mass is 35.5. The number of aryl methyl sites for hydroxylation is 3. The Balaban J connectivity index is 1.80. The maximum Gasteiger partial charge on any atom is 0.132 e. The highest BCUT2D eigenvalue weighted by Gasteiger charge is 2.21. The summed E-state index contributed by atoms with van der Waals surface area (Å²) < 4.78 is 8.48. The van der Waals surface area contributed by atoms with Crippen LogP contribution in [0.25, 0.3) is 16.9 Å². The largest absolute Gasteiger partial charge is 0.489 e. The van der Waals surface area contributed by atoms with E-state index < -0.39 is 0 Å². The van der Waals surface area contributed by atoms with Crippen LogP contribution >= 0.6 is 11.6 Å². The standard InChI is InChI=1S/C23H26ClN3O/c1-15-4-5-21(16(2)12-15)27-22(8-11-26-27)20-14-18(24)13-17(3)23(20)28-19-6-9-25-10-7-19/h4-5,8,11-14,19,25H,6-7,9-10H2,1-3H3. The van der Waals surface area contributed by atoms with Crippen LogP contribution in [-0.2, 0) is 0 Å². The molecule has 1 aromatic heterocycles. The molecule has 146 valence electrons. The molecule has 0 amide bonds. The first-order chi connectivity index (χ1) is 13.5. The minimum atomic E-state index is 0.220. The Hall–Kier alpha value is -2.30. The lowest BCUT2D eigenvalue weighted by Crippen LogP contribution is -2.34. The minimum Gasteiger partial charge on any atom is -0.489 e. The fraction of sp³-hybridized carbons (Fsp3) is 0.348. The molecule has 1 aliphatic heterocycles. The summed E-state index contributed by atoms with van der Waals surface area (Å²) in [6.45, 7) is 8.26. The lowest BCUT2D eigenvalue weighted by Gasteiger charge is -2.26. The van der Waals surface area contributed by atoms with Gasteiger partial charge in [0.25, 0.3) is 0 Å². The number of aromatic nitrogens is 2. The molecule has 0 saturated carbocycles. The van der Waals surface area contributed by atoms with Crippen molar-refractivity contribution in [1.82, 2.24) is 15.1 Å². The van der Waals surface area contributed by atoms with Gasteiger partial charge in [0.05, 0.1) is 17.6 Å². The van der Waals surface area contributed by atoms with Crippen LogP contribution in [0.2, 0.25) is 5.02 Å². The van der Waals surface area contributed by atoms with Crippen molar-refractivity contribution in [3.8, 4) is 22.7 Å². The summed E-state index contributed by atoms with van der Waals surface area (Å²) in [6.07, 6.45) is 4.08. The Morgan fingerprint density at radius 1 is 1.04 bits per heavy atom. The molecule has 2 heterocycles. The maximum absolute atomic E-state index is 6.50. The van der Waals surface area contributed by atoms with E-state index >= 15 is 0 Å². The molecule has 1 N–H and O–H groups in total. The van der Waals surface area contributed by atoms with Crippen molar-refractivity contribution in [3.05, 3.63) is 64.3 Å². The van der Waals surface area contributed by atoms with Gasteiger partial charge in [0.15, 0.2) is 0 Å². The van der Waals surface area contributed by atoms with Gasteiger partial charge in [-0.15, -0.1) is 0 Å². The highest BCUT2D eigenvalue weighted by molar-refractivity contribution is 6.31. The third-order valence-corrected chi connectivity index (χ3v) is 5.53. The number of hydrogen-bond donors (Lipinski definition) is 1. The van der Waals surface area contributed by atoms with Gasteiger partial charge in [-0.1, -0.05) is 29.3 Å². The molecule has 1 fully saturated rings. The molecule has 4 nitrogen and oxygen atoms in total. The smallest absolute Gasteiger partial charge is 0.132 e. The van der Waals surface area contributed by atoms with Crippen LogP contribution in [-0.4, -0.2) is 29.0 Å². The second-order valence-corrected chi connectivity index (χ2v) is 8.02. The molecule has 0 atom stereocenters. The van der Waals surface area contributed by atoms with Crippen LogP contribution in [0, 0.1) is 20.8 Å². The fourth-order valence-electron chi connectivity index (χ4n) is 3.90. The first kappa shape index (κ1) is 19.0. The molecule has 0 aliphatic carbocycles. The fourth-order valence-corrected chi connectivity index (χ4v) is 4.17. The van der Waals surface area contributed by atoms with Gasteiger partial charge in [-0.25, -0.2) is 4.68 Å². The van der Waals surface area contributed by atoms with Gasteiger partial charge >= 0.3 is 0 Å². The number of nitrogens with zero attached hydrogens (tertiary/aromatic N) is 2. The lowest BCUT2D eigenvalue weighted by molar-refractivity contribution is 0.162. The third-order valence-electron chi connectivity index (χ3n) is 5.31. The highest BCUT2D eigenvalue weighted by Crippen LogP contribution is 2.38. The monoisotopic (exact) mass is 395 g/mol. The average Bonchev–Trinajstić information content (AvgIpc) is 3.14. The minimum absolute atomic E-state index is 0.220. The Morgan fingerprint density at radius 2 is 1.82 bits per heavy atom. The molecule has 0 spiro atoms. The van der Waals surface area contributed by atoms with Crippen LogP contribution in [0.5, 0.6) is 5.75 Å². The number of ether oxygens (including phenoxy) is 1. The lowest BCUT2D eigenvalue weighted by atomic mass is 10.0. The first-order valence-electron chi connectivity index (χ1n) is 9.82. The van der Waals surface area contributed by atoms with Gasteiger partial charge in [0, 0.05) is 10.6 Å². The Morgan fingerprint density at radius 3 is 2.57 bits per heavy atom. The number of piperidine rings is 1. The van der Waals surface area contributed by atoms with Crippen molar-refractivity contribution in [2.45, 2.75) is 39.7 Å². The van der Waals surface area contributed by atoms with Crippen LogP contribution in [0.1, 0.15) is 29.5 Å². The second kappa shape index (κ2) is 7.98. The molecule has 1 saturated heterocycles. The molecule has 0 radical (unpaired) electrons. The summed E-state index contributed by atoms with van der Waals surface area (Å²) in [5, 5.41) is 8.71. The Kier molecular flexibility index (Phi) is 5.42. The van der Waals surface area contributed by atoms with Gasteiger partial charge in [0.2, 0.25) is 0 Å². The number of halogens is 1. The molecule has 0 unspecified atom stereocenters. The van der Waals surface area contributed by atoms with E-state index in [2.05, 4.69) is 49.4 Å². The number of hydrogen-bond acceptors (Lipinski definition) is 3. The van der Waals surface area contributed by atoms with Crippen LogP contribution < -0.4 is 10.1 Å². The number of nitrogens with one attached hydrogen (secondary N) is 1. The zero-order chi connectivity index (χ0) is 19.7. The van der Waals surface area contributed by atoms with Crippen molar-refractivity contribution in [2.24, 2.45) is 0 Å². The summed E-state index contributed by atoms with van der Waals surface area (Å²) in [5.41, 5.74) is 6.51. The van der Waals surface area contributed by atoms with Gasteiger partial charge in [-0.05, 0) is 82.1 Å². The second-order valence-electron chi connectivity index (χ2n) is 7.58. The van der Waals surface area contributed by atoms with Crippen molar-refractivity contribution in [3.63, 3.8) is 0 Å². The first-order valence-corrected chi connectivity index (χ1v) is 10.2. The maximum atomic E-state index is 6.50. The summed E-state index contributed by atoms with van der Waals surface area (Å²) in [7, 11) is 0. The molecule has 2 aromatic carbocycles. The van der Waals surface area contributed by atoms with Crippen LogP contribution in [0.4, 0.5) is 0 Å². The summed E-state index contributed by atoms with van der Waals surface area (Å²) in [5.74, 6) is 0.905. The molecule has 3 aromatic rings.